The average molecular weight is 256 g/mol. The first kappa shape index (κ1) is 14.3. The minimum atomic E-state index is -0.402. The van der Waals surface area contributed by atoms with Crippen molar-refractivity contribution in [3.63, 3.8) is 0 Å². The van der Waals surface area contributed by atoms with Gasteiger partial charge in [0.2, 0.25) is 0 Å². The van der Waals surface area contributed by atoms with Crippen LogP contribution in [0.5, 0.6) is 0 Å². The third-order valence-corrected chi connectivity index (χ3v) is 4.00. The van der Waals surface area contributed by atoms with E-state index in [0.29, 0.717) is 6.04 Å². The molecule has 0 amide bonds. The molecule has 4 nitrogen and oxygen atoms in total. The second-order valence-corrected chi connectivity index (χ2v) is 6.20. The number of piperidine rings is 1. The fourth-order valence-corrected chi connectivity index (χ4v) is 2.52. The molecule has 2 rings (SSSR count). The van der Waals surface area contributed by atoms with E-state index in [9.17, 15) is 0 Å². The molecule has 0 bridgehead atoms. The summed E-state index contributed by atoms with van der Waals surface area (Å²) in [5, 5.41) is 3.53. The summed E-state index contributed by atoms with van der Waals surface area (Å²) in [6.45, 7) is 12.5. The molecule has 2 heterocycles. The number of hydrogen-bond donors (Lipinski definition) is 1. The molecule has 2 fully saturated rings. The molecule has 0 aromatic heterocycles. The second-order valence-electron chi connectivity index (χ2n) is 6.20. The van der Waals surface area contributed by atoms with Crippen molar-refractivity contribution < 1.29 is 9.47 Å². The van der Waals surface area contributed by atoms with Gasteiger partial charge in [0.05, 0.1) is 19.3 Å². The van der Waals surface area contributed by atoms with Gasteiger partial charge in [-0.15, -0.1) is 0 Å². The Morgan fingerprint density at radius 2 is 1.78 bits per heavy atom. The molecule has 0 aliphatic carbocycles. The molecule has 4 heteroatoms. The quantitative estimate of drug-likeness (QED) is 0.825. The highest BCUT2D eigenvalue weighted by molar-refractivity contribution is 4.75. The number of rotatable bonds is 4. The normalized spacial score (nSPS) is 27.5. The smallest absolute Gasteiger partial charge is 0.162 e. The average Bonchev–Trinajstić information content (AvgIpc) is 2.34. The molecule has 1 N–H and O–H groups in total. The van der Waals surface area contributed by atoms with Crippen LogP contribution in [0.3, 0.4) is 0 Å². The lowest BCUT2D eigenvalue weighted by molar-refractivity contribution is -0.252. The van der Waals surface area contributed by atoms with Crippen molar-refractivity contribution in [1.82, 2.24) is 10.2 Å². The number of ether oxygens (including phenoxy) is 2. The van der Waals surface area contributed by atoms with Gasteiger partial charge in [-0.05, 0) is 45.7 Å². The van der Waals surface area contributed by atoms with E-state index in [0.717, 1.165) is 32.2 Å². The summed E-state index contributed by atoms with van der Waals surface area (Å²) in [7, 11) is 0. The fourth-order valence-electron chi connectivity index (χ4n) is 2.52. The van der Waals surface area contributed by atoms with Gasteiger partial charge in [-0.3, -0.25) is 0 Å². The predicted molar refractivity (Wildman–Crippen MR) is 72.6 cm³/mol. The van der Waals surface area contributed by atoms with Gasteiger partial charge in [0.15, 0.2) is 5.79 Å². The van der Waals surface area contributed by atoms with Crippen molar-refractivity contribution >= 4 is 0 Å². The molecular weight excluding hydrogens is 228 g/mol. The van der Waals surface area contributed by atoms with Crippen LogP contribution in [-0.4, -0.2) is 56.1 Å². The van der Waals surface area contributed by atoms with Gasteiger partial charge in [-0.1, -0.05) is 6.92 Å². The SMILES string of the molecule is CC1CCN(CCNC2COC(C)(C)OC2)CC1. The van der Waals surface area contributed by atoms with Gasteiger partial charge in [0.1, 0.15) is 0 Å². The van der Waals surface area contributed by atoms with Crippen molar-refractivity contribution in [3.8, 4) is 0 Å². The van der Waals surface area contributed by atoms with Gasteiger partial charge in [-0.2, -0.15) is 0 Å². The summed E-state index contributed by atoms with van der Waals surface area (Å²) in [6.07, 6.45) is 2.70. The Morgan fingerprint density at radius 1 is 1.17 bits per heavy atom. The van der Waals surface area contributed by atoms with Crippen molar-refractivity contribution in [1.29, 1.82) is 0 Å². The van der Waals surface area contributed by atoms with Crippen molar-refractivity contribution in [3.05, 3.63) is 0 Å². The highest BCUT2D eigenvalue weighted by atomic mass is 16.7. The largest absolute Gasteiger partial charge is 0.349 e. The van der Waals surface area contributed by atoms with Gasteiger partial charge in [0, 0.05) is 13.1 Å². The number of likely N-dealkylation sites (tertiary alicyclic amines) is 1. The van der Waals surface area contributed by atoms with Crippen molar-refractivity contribution in [2.45, 2.75) is 45.4 Å². The molecule has 0 unspecified atom stereocenters. The maximum atomic E-state index is 5.64. The maximum Gasteiger partial charge on any atom is 0.162 e. The van der Waals surface area contributed by atoms with E-state index in [2.05, 4.69) is 17.1 Å². The van der Waals surface area contributed by atoms with Crippen LogP contribution in [0.25, 0.3) is 0 Å². The van der Waals surface area contributed by atoms with Crippen LogP contribution in [0.15, 0.2) is 0 Å². The monoisotopic (exact) mass is 256 g/mol. The minimum absolute atomic E-state index is 0.349. The summed E-state index contributed by atoms with van der Waals surface area (Å²) < 4.78 is 11.3. The topological polar surface area (TPSA) is 33.7 Å². The van der Waals surface area contributed by atoms with Crippen molar-refractivity contribution in [2.24, 2.45) is 5.92 Å². The van der Waals surface area contributed by atoms with Crippen LogP contribution in [0.4, 0.5) is 0 Å². The molecule has 106 valence electrons. The third kappa shape index (κ3) is 4.50. The third-order valence-electron chi connectivity index (χ3n) is 4.00. The highest BCUT2D eigenvalue weighted by Crippen LogP contribution is 2.17. The minimum Gasteiger partial charge on any atom is -0.349 e. The Kier molecular flexibility index (Phi) is 5.01. The Hall–Kier alpha value is -0.160. The zero-order chi connectivity index (χ0) is 13.0. The van der Waals surface area contributed by atoms with E-state index in [1.807, 2.05) is 13.8 Å². The Balaban J connectivity index is 1.56. The lowest BCUT2D eigenvalue weighted by Crippen LogP contribution is -2.50. The zero-order valence-corrected chi connectivity index (χ0v) is 12.1. The standard InChI is InChI=1S/C14H28N2O2/c1-12-4-7-16(8-5-12)9-6-15-13-10-17-14(2,3)18-11-13/h12-13,15H,4-11H2,1-3H3. The fraction of sp³-hybridized carbons (Fsp3) is 1.00. The first-order valence-electron chi connectivity index (χ1n) is 7.29. The first-order chi connectivity index (χ1) is 8.55. The molecule has 0 spiro atoms. The van der Waals surface area contributed by atoms with Gasteiger partial charge in [-0.25, -0.2) is 0 Å². The lowest BCUT2D eigenvalue weighted by Gasteiger charge is -2.36. The summed E-state index contributed by atoms with van der Waals surface area (Å²) >= 11 is 0. The first-order valence-corrected chi connectivity index (χ1v) is 7.29. The van der Waals surface area contributed by atoms with Gasteiger partial charge < -0.3 is 19.7 Å². The van der Waals surface area contributed by atoms with Crippen LogP contribution >= 0.6 is 0 Å². The second kappa shape index (κ2) is 6.33. The molecule has 18 heavy (non-hydrogen) atoms. The van der Waals surface area contributed by atoms with E-state index in [-0.39, 0.29) is 0 Å². The molecule has 2 aliphatic rings. The van der Waals surface area contributed by atoms with E-state index in [1.54, 1.807) is 0 Å². The van der Waals surface area contributed by atoms with Crippen LogP contribution in [-0.2, 0) is 9.47 Å². The maximum absolute atomic E-state index is 5.64. The lowest BCUT2D eigenvalue weighted by atomic mass is 9.99. The van der Waals surface area contributed by atoms with E-state index < -0.39 is 5.79 Å². The Labute approximate surface area is 111 Å². The van der Waals surface area contributed by atoms with Gasteiger partial charge >= 0.3 is 0 Å². The van der Waals surface area contributed by atoms with E-state index in [4.69, 9.17) is 9.47 Å². The molecule has 2 aliphatic heterocycles. The molecular formula is C14H28N2O2. The summed E-state index contributed by atoms with van der Waals surface area (Å²) in [6, 6.07) is 0.349. The molecule has 2 saturated heterocycles. The number of hydrogen-bond acceptors (Lipinski definition) is 4. The summed E-state index contributed by atoms with van der Waals surface area (Å²) in [5.41, 5.74) is 0. The van der Waals surface area contributed by atoms with E-state index in [1.165, 1.54) is 25.9 Å². The van der Waals surface area contributed by atoms with Crippen LogP contribution in [0, 0.1) is 5.92 Å². The zero-order valence-electron chi connectivity index (χ0n) is 12.1. The Bertz CT molecular complexity index is 240. The molecule has 0 aromatic carbocycles. The number of nitrogens with zero attached hydrogens (tertiary/aromatic N) is 1. The molecule has 0 atom stereocenters. The highest BCUT2D eigenvalue weighted by Gasteiger charge is 2.27. The van der Waals surface area contributed by atoms with Crippen LogP contribution in [0.2, 0.25) is 0 Å². The number of nitrogens with one attached hydrogen (secondary N) is 1. The predicted octanol–water partition coefficient (Wildman–Crippen LogP) is 1.46. The van der Waals surface area contributed by atoms with Gasteiger partial charge in [0.25, 0.3) is 0 Å². The van der Waals surface area contributed by atoms with Crippen LogP contribution in [0.1, 0.15) is 33.6 Å². The molecule has 0 aromatic rings. The van der Waals surface area contributed by atoms with Crippen molar-refractivity contribution in [2.75, 3.05) is 39.4 Å². The molecule has 0 radical (unpaired) electrons. The summed E-state index contributed by atoms with van der Waals surface area (Å²) in [4.78, 5) is 2.56. The van der Waals surface area contributed by atoms with E-state index >= 15 is 0 Å². The summed E-state index contributed by atoms with van der Waals surface area (Å²) in [5.74, 6) is 0.512. The van der Waals surface area contributed by atoms with Crippen LogP contribution < -0.4 is 5.32 Å². The molecule has 0 saturated carbocycles. The Morgan fingerprint density at radius 3 is 2.39 bits per heavy atom.